The molecule has 2 aliphatic rings. The van der Waals surface area contributed by atoms with E-state index in [1.54, 1.807) is 28.8 Å². The number of ether oxygens (including phenoxy) is 2. The Kier molecular flexibility index (Phi) is 15.6. The number of fused-ring (bicyclic) bond motifs is 4. The largest absolute Gasteiger partial charge is 0.462 e. The number of esters is 1. The van der Waals surface area contributed by atoms with Gasteiger partial charge in [-0.3, -0.25) is 9.59 Å². The molecule has 0 saturated heterocycles. The van der Waals surface area contributed by atoms with Gasteiger partial charge in [0.2, 0.25) is 11.8 Å². The predicted octanol–water partition coefficient (Wildman–Crippen LogP) is 7.35. The first-order chi connectivity index (χ1) is 28.8. The van der Waals surface area contributed by atoms with Crippen molar-refractivity contribution in [3.8, 4) is 11.1 Å². The summed E-state index contributed by atoms with van der Waals surface area (Å²) in [6, 6.07) is 31.9. The average Bonchev–Trinajstić information content (AvgIpc) is 3.58. The maximum absolute atomic E-state index is 13.9. The molecular weight excluding hydrogens is 763 g/mol. The van der Waals surface area contributed by atoms with Crippen molar-refractivity contribution in [2.75, 3.05) is 25.6 Å². The highest BCUT2D eigenvalue weighted by molar-refractivity contribution is 7.98. The summed E-state index contributed by atoms with van der Waals surface area (Å²) in [6.07, 6.45) is 3.93. The molecule has 4 aromatic rings. The summed E-state index contributed by atoms with van der Waals surface area (Å²) in [4.78, 5) is 56.2. The molecule has 0 unspecified atom stereocenters. The van der Waals surface area contributed by atoms with Crippen LogP contribution in [-0.2, 0) is 42.6 Å². The summed E-state index contributed by atoms with van der Waals surface area (Å²) in [5.41, 5.74) is 7.60. The van der Waals surface area contributed by atoms with Gasteiger partial charge in [0.25, 0.3) is 0 Å². The molecule has 3 amide bonds. The molecule has 59 heavy (non-hydrogen) atoms. The van der Waals surface area contributed by atoms with Gasteiger partial charge in [0.05, 0.1) is 24.6 Å². The molecule has 0 aromatic heterocycles. The minimum absolute atomic E-state index is 0.0755. The summed E-state index contributed by atoms with van der Waals surface area (Å²) in [6.45, 7) is 7.72. The summed E-state index contributed by atoms with van der Waals surface area (Å²) in [7, 11) is 0. The van der Waals surface area contributed by atoms with Crippen LogP contribution in [0.1, 0.15) is 59.4 Å². The van der Waals surface area contributed by atoms with Crippen LogP contribution in [0.15, 0.2) is 128 Å². The molecule has 11 heteroatoms. The third-order valence-electron chi connectivity index (χ3n) is 10.9. The third-order valence-corrected chi connectivity index (χ3v) is 12.1. The summed E-state index contributed by atoms with van der Waals surface area (Å²) in [5.74, 6) is -1.05. The molecule has 0 fully saturated rings. The summed E-state index contributed by atoms with van der Waals surface area (Å²) in [5, 5.41) is 15.9. The first kappa shape index (κ1) is 42.9. The van der Waals surface area contributed by atoms with Crippen LogP contribution in [0.3, 0.4) is 0 Å². The molecular formula is C48H53N3O7S. The highest BCUT2D eigenvalue weighted by Crippen LogP contribution is 2.44. The minimum atomic E-state index is -1.02. The number of aliphatic hydroxyl groups excluding tert-OH is 1. The molecule has 1 aliphatic heterocycles. The Bertz CT molecular complexity index is 2050. The standard InChI is InChI=1S/C48H53N3O7S/c1-3-5-24-44(50-48(56)58-30-43-41-22-13-11-20-39(41)40-21-12-14-23-42(40)43)47(55)57-29-37(32-59-31-33-16-7-6-8-17-33)49-46(54)35(15-4-2)26-45(53)51-27-36-19-10-9-18-34(36)25-38(51)28-52/h3-4,6-14,16-23,35,37-38,43-44,52H,1-2,5,15,24-32H2,(H,49,54)(H,50,56)/t35-,37+,38-,44-/m0/s1. The number of thioether (sulfide) groups is 1. The molecule has 6 rings (SSSR count). The van der Waals surface area contributed by atoms with E-state index in [0.717, 1.165) is 38.9 Å². The number of nitrogens with zero attached hydrogens (tertiary/aromatic N) is 1. The van der Waals surface area contributed by atoms with E-state index in [2.05, 4.69) is 35.9 Å². The first-order valence-electron chi connectivity index (χ1n) is 20.2. The number of aliphatic hydroxyl groups is 1. The minimum Gasteiger partial charge on any atom is -0.462 e. The lowest BCUT2D eigenvalue weighted by Gasteiger charge is -2.36. The van der Waals surface area contributed by atoms with E-state index >= 15 is 0 Å². The van der Waals surface area contributed by atoms with Gasteiger partial charge < -0.3 is 30.1 Å². The normalized spacial score (nSPS) is 15.7. The van der Waals surface area contributed by atoms with Gasteiger partial charge >= 0.3 is 12.1 Å². The smallest absolute Gasteiger partial charge is 0.407 e. The number of nitrogens with one attached hydrogen (secondary N) is 2. The second kappa shape index (κ2) is 21.4. The Morgan fingerprint density at radius 3 is 2.17 bits per heavy atom. The number of amides is 3. The fourth-order valence-electron chi connectivity index (χ4n) is 7.80. The van der Waals surface area contributed by atoms with E-state index in [-0.39, 0.29) is 62.9 Å². The summed E-state index contributed by atoms with van der Waals surface area (Å²) < 4.78 is 11.6. The van der Waals surface area contributed by atoms with Crippen molar-refractivity contribution in [3.05, 3.63) is 156 Å². The van der Waals surface area contributed by atoms with Crippen molar-refractivity contribution in [2.45, 2.75) is 68.4 Å². The quantitative estimate of drug-likeness (QED) is 0.0624. The van der Waals surface area contributed by atoms with Gasteiger partial charge in [-0.2, -0.15) is 11.8 Å². The lowest BCUT2D eigenvalue weighted by molar-refractivity contribution is -0.147. The van der Waals surface area contributed by atoms with Crippen LogP contribution in [0.2, 0.25) is 0 Å². The van der Waals surface area contributed by atoms with E-state index in [9.17, 15) is 24.3 Å². The Morgan fingerprint density at radius 2 is 1.49 bits per heavy atom. The van der Waals surface area contributed by atoms with Crippen LogP contribution in [0.25, 0.3) is 11.1 Å². The maximum atomic E-state index is 13.9. The van der Waals surface area contributed by atoms with Gasteiger partial charge in [-0.05, 0) is 64.6 Å². The van der Waals surface area contributed by atoms with E-state index in [1.165, 1.54) is 0 Å². The second-order valence-electron chi connectivity index (χ2n) is 15.0. The van der Waals surface area contributed by atoms with E-state index in [0.29, 0.717) is 30.9 Å². The SMILES string of the molecule is C=CCC[C@H](NC(=O)OCC1c2ccccc2-c2ccccc21)C(=O)OC[C@H](CSCc1ccccc1)NC(=O)[C@@H](CC=C)CC(=O)N1Cc2ccccc2C[C@H]1CO. The molecule has 0 bridgehead atoms. The van der Waals surface area contributed by atoms with Gasteiger partial charge in [-0.15, -0.1) is 13.2 Å². The average molecular weight is 816 g/mol. The molecule has 0 spiro atoms. The zero-order chi connectivity index (χ0) is 41.6. The maximum Gasteiger partial charge on any atom is 0.407 e. The molecule has 3 N–H and O–H groups in total. The topological polar surface area (TPSA) is 134 Å². The van der Waals surface area contributed by atoms with Crippen LogP contribution in [0.4, 0.5) is 4.79 Å². The van der Waals surface area contributed by atoms with Gasteiger partial charge in [0.15, 0.2) is 0 Å². The van der Waals surface area contributed by atoms with Crippen LogP contribution in [-0.4, -0.2) is 77.6 Å². The lowest BCUT2D eigenvalue weighted by atomic mass is 9.92. The number of hydrogen-bond acceptors (Lipinski definition) is 8. The fraction of sp³-hybridized carbons (Fsp3) is 0.333. The highest BCUT2D eigenvalue weighted by Gasteiger charge is 2.33. The predicted molar refractivity (Wildman–Crippen MR) is 231 cm³/mol. The lowest BCUT2D eigenvalue weighted by Crippen LogP contribution is -2.49. The molecule has 10 nitrogen and oxygen atoms in total. The molecule has 0 radical (unpaired) electrons. The molecule has 1 heterocycles. The monoisotopic (exact) mass is 815 g/mol. The Labute approximate surface area is 351 Å². The van der Waals surface area contributed by atoms with E-state index < -0.39 is 30.1 Å². The number of allylic oxidation sites excluding steroid dienone is 2. The van der Waals surface area contributed by atoms with Crippen molar-refractivity contribution in [2.24, 2.45) is 5.92 Å². The van der Waals surface area contributed by atoms with Gasteiger partial charge in [-0.25, -0.2) is 9.59 Å². The zero-order valence-corrected chi connectivity index (χ0v) is 34.1. The number of carbonyl (C=O) groups excluding carboxylic acids is 4. The van der Waals surface area contributed by atoms with Crippen molar-refractivity contribution in [1.29, 1.82) is 0 Å². The fourth-order valence-corrected chi connectivity index (χ4v) is 8.81. The second-order valence-corrected chi connectivity index (χ2v) is 16.0. The van der Waals surface area contributed by atoms with Crippen LogP contribution in [0, 0.1) is 5.92 Å². The van der Waals surface area contributed by atoms with Crippen LogP contribution in [0.5, 0.6) is 0 Å². The number of alkyl carbamates (subject to hydrolysis) is 1. The van der Waals surface area contributed by atoms with Gasteiger partial charge in [0, 0.05) is 30.4 Å². The number of hydrogen-bond donors (Lipinski definition) is 3. The number of rotatable bonds is 20. The van der Waals surface area contributed by atoms with Crippen molar-refractivity contribution >= 4 is 35.6 Å². The third kappa shape index (κ3) is 11.3. The molecule has 4 atom stereocenters. The highest BCUT2D eigenvalue weighted by atomic mass is 32.2. The van der Waals surface area contributed by atoms with Crippen LogP contribution >= 0.6 is 11.8 Å². The van der Waals surface area contributed by atoms with Gasteiger partial charge in [-0.1, -0.05) is 115 Å². The van der Waals surface area contributed by atoms with Crippen LogP contribution < -0.4 is 10.6 Å². The van der Waals surface area contributed by atoms with Crippen molar-refractivity contribution < 1.29 is 33.8 Å². The van der Waals surface area contributed by atoms with E-state index in [1.807, 2.05) is 91.0 Å². The first-order valence-corrected chi connectivity index (χ1v) is 21.3. The Hall–Kier alpha value is -5.65. The molecule has 4 aromatic carbocycles. The van der Waals surface area contributed by atoms with E-state index in [4.69, 9.17) is 9.47 Å². The zero-order valence-electron chi connectivity index (χ0n) is 33.3. The Morgan fingerprint density at radius 1 is 0.831 bits per heavy atom. The Balaban J connectivity index is 1.09. The van der Waals surface area contributed by atoms with Crippen molar-refractivity contribution in [1.82, 2.24) is 15.5 Å². The number of benzene rings is 4. The molecule has 0 saturated carbocycles. The van der Waals surface area contributed by atoms with Gasteiger partial charge in [0.1, 0.15) is 19.3 Å². The molecule has 1 aliphatic carbocycles. The molecule has 308 valence electrons. The summed E-state index contributed by atoms with van der Waals surface area (Å²) >= 11 is 1.58. The van der Waals surface area contributed by atoms with Crippen molar-refractivity contribution in [3.63, 3.8) is 0 Å². The number of carbonyl (C=O) groups is 4.